The molecule has 0 unspecified atom stereocenters. The first-order chi connectivity index (χ1) is 9.41. The smallest absolute Gasteiger partial charge is 0.306 e. The molecule has 0 aliphatic carbocycles. The molecular formula is C12H18O8. The Morgan fingerprint density at radius 3 is 1.50 bits per heavy atom. The molecule has 1 aliphatic rings. The molecular weight excluding hydrogens is 272 g/mol. The number of cyclic esters (lactones) is 2. The molecule has 1 rings (SSSR count). The van der Waals surface area contributed by atoms with Crippen molar-refractivity contribution >= 4 is 23.9 Å². The zero-order valence-corrected chi connectivity index (χ0v) is 11.0. The maximum Gasteiger partial charge on any atom is 0.306 e. The molecule has 1 aliphatic heterocycles. The second-order valence-corrected chi connectivity index (χ2v) is 3.94. The molecule has 0 aromatic carbocycles. The predicted octanol–water partition coefficient (Wildman–Crippen LogP) is 0.583. The van der Waals surface area contributed by atoms with Gasteiger partial charge in [-0.1, -0.05) is 0 Å². The third-order valence-electron chi connectivity index (χ3n) is 2.15. The van der Waals surface area contributed by atoms with E-state index in [0.717, 1.165) is 12.8 Å². The van der Waals surface area contributed by atoms with E-state index in [1.54, 1.807) is 0 Å². The lowest BCUT2D eigenvalue weighted by atomic mass is 10.3. The van der Waals surface area contributed by atoms with Crippen LogP contribution >= 0.6 is 0 Å². The quantitative estimate of drug-likeness (QED) is 0.722. The summed E-state index contributed by atoms with van der Waals surface area (Å²) in [4.78, 5) is 40.9. The van der Waals surface area contributed by atoms with Crippen LogP contribution in [-0.2, 0) is 28.7 Å². The van der Waals surface area contributed by atoms with Gasteiger partial charge in [-0.3, -0.25) is 19.2 Å². The average molecular weight is 290 g/mol. The van der Waals surface area contributed by atoms with Crippen LogP contribution in [0.5, 0.6) is 0 Å². The third kappa shape index (κ3) is 12.3. The summed E-state index contributed by atoms with van der Waals surface area (Å²) < 4.78 is 9.64. The van der Waals surface area contributed by atoms with Crippen LogP contribution in [0.2, 0.25) is 0 Å². The lowest BCUT2D eigenvalue weighted by Gasteiger charge is -2.08. The third-order valence-corrected chi connectivity index (χ3v) is 2.15. The molecule has 0 atom stereocenters. The SMILES string of the molecule is O=C(O)CCC(=O)O.O=C1CCC(=O)OCCCCO1. The van der Waals surface area contributed by atoms with Crippen molar-refractivity contribution in [2.24, 2.45) is 0 Å². The molecule has 0 aromatic rings. The van der Waals surface area contributed by atoms with E-state index >= 15 is 0 Å². The summed E-state index contributed by atoms with van der Waals surface area (Å²) in [5.41, 5.74) is 0. The van der Waals surface area contributed by atoms with Crippen LogP contribution in [0.4, 0.5) is 0 Å². The van der Waals surface area contributed by atoms with Gasteiger partial charge in [-0.05, 0) is 12.8 Å². The summed E-state index contributed by atoms with van der Waals surface area (Å²) in [5.74, 6) is -2.78. The molecule has 20 heavy (non-hydrogen) atoms. The molecule has 114 valence electrons. The van der Waals surface area contributed by atoms with Crippen molar-refractivity contribution in [3.63, 3.8) is 0 Å². The van der Waals surface area contributed by atoms with Crippen molar-refractivity contribution in [1.82, 2.24) is 0 Å². The first-order valence-corrected chi connectivity index (χ1v) is 6.16. The molecule has 8 heteroatoms. The van der Waals surface area contributed by atoms with Crippen molar-refractivity contribution in [3.8, 4) is 0 Å². The van der Waals surface area contributed by atoms with E-state index in [1.165, 1.54) is 0 Å². The Hall–Kier alpha value is -2.12. The zero-order chi connectivity index (χ0) is 15.4. The van der Waals surface area contributed by atoms with Gasteiger partial charge in [0.2, 0.25) is 0 Å². The second kappa shape index (κ2) is 10.8. The number of carbonyl (C=O) groups is 4. The lowest BCUT2D eigenvalue weighted by Crippen LogP contribution is -2.14. The predicted molar refractivity (Wildman–Crippen MR) is 64.9 cm³/mol. The minimum Gasteiger partial charge on any atom is -0.481 e. The first-order valence-electron chi connectivity index (χ1n) is 6.16. The number of ether oxygens (including phenoxy) is 2. The number of carboxylic acid groups (broad SMARTS) is 2. The van der Waals surface area contributed by atoms with Gasteiger partial charge in [0, 0.05) is 0 Å². The molecule has 0 spiro atoms. The largest absolute Gasteiger partial charge is 0.481 e. The summed E-state index contributed by atoms with van der Waals surface area (Å²) in [5, 5.41) is 15.8. The maximum absolute atomic E-state index is 10.8. The summed E-state index contributed by atoms with van der Waals surface area (Å²) >= 11 is 0. The highest BCUT2D eigenvalue weighted by Crippen LogP contribution is 2.01. The zero-order valence-electron chi connectivity index (χ0n) is 11.0. The van der Waals surface area contributed by atoms with Crippen LogP contribution < -0.4 is 0 Å². The van der Waals surface area contributed by atoms with Gasteiger partial charge in [-0.2, -0.15) is 0 Å². The maximum atomic E-state index is 10.8. The second-order valence-electron chi connectivity index (χ2n) is 3.94. The van der Waals surface area contributed by atoms with Gasteiger partial charge in [0.25, 0.3) is 0 Å². The van der Waals surface area contributed by atoms with Crippen molar-refractivity contribution in [2.75, 3.05) is 13.2 Å². The van der Waals surface area contributed by atoms with E-state index in [1.807, 2.05) is 0 Å². The molecule has 8 nitrogen and oxygen atoms in total. The van der Waals surface area contributed by atoms with Gasteiger partial charge in [0.05, 0.1) is 38.9 Å². The Kier molecular flexibility index (Phi) is 9.63. The fraction of sp³-hybridized carbons (Fsp3) is 0.667. The van der Waals surface area contributed by atoms with Crippen molar-refractivity contribution in [3.05, 3.63) is 0 Å². The van der Waals surface area contributed by atoms with Gasteiger partial charge in [-0.15, -0.1) is 0 Å². The lowest BCUT2D eigenvalue weighted by molar-refractivity contribution is -0.152. The minimum atomic E-state index is -1.08. The van der Waals surface area contributed by atoms with E-state index in [-0.39, 0.29) is 37.6 Å². The Morgan fingerprint density at radius 1 is 0.850 bits per heavy atom. The van der Waals surface area contributed by atoms with Gasteiger partial charge in [-0.25, -0.2) is 0 Å². The molecule has 0 bridgehead atoms. The molecule has 0 saturated carbocycles. The van der Waals surface area contributed by atoms with E-state index < -0.39 is 11.9 Å². The van der Waals surface area contributed by atoms with E-state index in [0.29, 0.717) is 13.2 Å². The minimum absolute atomic E-state index is 0.138. The number of aliphatic carboxylic acids is 2. The van der Waals surface area contributed by atoms with Crippen molar-refractivity contribution < 1.29 is 38.9 Å². The van der Waals surface area contributed by atoms with Crippen molar-refractivity contribution in [1.29, 1.82) is 0 Å². The van der Waals surface area contributed by atoms with E-state index in [4.69, 9.17) is 19.7 Å². The normalized spacial score (nSPS) is 16.0. The number of carbonyl (C=O) groups excluding carboxylic acids is 2. The van der Waals surface area contributed by atoms with Crippen LogP contribution in [-0.4, -0.2) is 47.3 Å². The van der Waals surface area contributed by atoms with Gasteiger partial charge < -0.3 is 19.7 Å². The van der Waals surface area contributed by atoms with Crippen molar-refractivity contribution in [2.45, 2.75) is 38.5 Å². The summed E-state index contributed by atoms with van der Waals surface area (Å²) in [6.07, 6.45) is 1.21. The number of hydrogen-bond acceptors (Lipinski definition) is 6. The fourth-order valence-corrected chi connectivity index (χ4v) is 1.14. The van der Waals surface area contributed by atoms with Gasteiger partial charge >= 0.3 is 23.9 Å². The number of carboxylic acids is 2. The van der Waals surface area contributed by atoms with Gasteiger partial charge in [0.15, 0.2) is 0 Å². The first kappa shape index (κ1) is 17.9. The molecule has 1 heterocycles. The molecule has 2 N–H and O–H groups in total. The highest BCUT2D eigenvalue weighted by Gasteiger charge is 2.10. The molecule has 1 saturated heterocycles. The van der Waals surface area contributed by atoms with Crippen LogP contribution in [0.3, 0.4) is 0 Å². The standard InChI is InChI=1S/C8H12O4.C4H6O4/c9-7-3-4-8(10)12-6-2-1-5-11-7;5-3(6)1-2-4(7)8/h1-6H2;1-2H2,(H,5,6)(H,7,8). The monoisotopic (exact) mass is 290 g/mol. The number of hydrogen-bond donors (Lipinski definition) is 2. The molecule has 0 aromatic heterocycles. The fourth-order valence-electron chi connectivity index (χ4n) is 1.14. The molecule has 0 amide bonds. The topological polar surface area (TPSA) is 127 Å². The van der Waals surface area contributed by atoms with E-state index in [2.05, 4.69) is 0 Å². The Morgan fingerprint density at radius 2 is 1.20 bits per heavy atom. The Labute approximate surface area is 115 Å². The van der Waals surface area contributed by atoms with Crippen LogP contribution in [0.25, 0.3) is 0 Å². The summed E-state index contributed by atoms with van der Waals surface area (Å²) in [7, 11) is 0. The summed E-state index contributed by atoms with van der Waals surface area (Å²) in [6, 6.07) is 0. The molecule has 0 radical (unpaired) electrons. The van der Waals surface area contributed by atoms with Gasteiger partial charge in [0.1, 0.15) is 0 Å². The Bertz CT molecular complexity index is 315. The van der Waals surface area contributed by atoms with Crippen LogP contribution in [0, 0.1) is 0 Å². The Balaban J connectivity index is 0.000000396. The van der Waals surface area contributed by atoms with Crippen LogP contribution in [0.1, 0.15) is 38.5 Å². The van der Waals surface area contributed by atoms with E-state index in [9.17, 15) is 19.2 Å². The number of esters is 2. The number of rotatable bonds is 3. The highest BCUT2D eigenvalue weighted by atomic mass is 16.5. The average Bonchev–Trinajstić information content (AvgIpc) is 2.38. The van der Waals surface area contributed by atoms with Crippen LogP contribution in [0.15, 0.2) is 0 Å². The summed E-state index contributed by atoms with van der Waals surface area (Å²) in [6.45, 7) is 0.882. The highest BCUT2D eigenvalue weighted by molar-refractivity contribution is 5.77. The molecule has 1 fully saturated rings.